The van der Waals surface area contributed by atoms with Crippen LogP contribution in [0.4, 0.5) is 0 Å². The average Bonchev–Trinajstić information content (AvgIpc) is 2.81. The van der Waals surface area contributed by atoms with Crippen molar-refractivity contribution in [3.63, 3.8) is 0 Å². The van der Waals surface area contributed by atoms with Crippen LogP contribution >= 0.6 is 23.2 Å². The van der Waals surface area contributed by atoms with Gasteiger partial charge in [0.15, 0.2) is 6.61 Å². The van der Waals surface area contributed by atoms with Crippen LogP contribution in [0.15, 0.2) is 72.8 Å². The second-order valence-corrected chi connectivity index (χ2v) is 8.53. The van der Waals surface area contributed by atoms with Gasteiger partial charge >= 0.3 is 0 Å². The van der Waals surface area contributed by atoms with Crippen LogP contribution in [0.25, 0.3) is 0 Å². The Balaban J connectivity index is 1.90. The lowest BCUT2D eigenvalue weighted by Crippen LogP contribution is -2.51. The van der Waals surface area contributed by atoms with E-state index in [1.54, 1.807) is 31.3 Å². The lowest BCUT2D eigenvalue weighted by atomic mass is 10.0. The molecule has 172 valence electrons. The van der Waals surface area contributed by atoms with Gasteiger partial charge in [-0.05, 0) is 47.9 Å². The predicted octanol–water partition coefficient (Wildman–Crippen LogP) is 5.07. The fraction of sp³-hybridized carbons (Fsp3) is 0.231. The Labute approximate surface area is 204 Å². The Morgan fingerprint density at radius 1 is 1.00 bits per heavy atom. The summed E-state index contributed by atoms with van der Waals surface area (Å²) in [5.41, 5.74) is 2.65. The third-order valence-electron chi connectivity index (χ3n) is 5.23. The third kappa shape index (κ3) is 6.98. The highest BCUT2D eigenvalue weighted by molar-refractivity contribution is 6.35. The Kier molecular flexibility index (Phi) is 8.75. The van der Waals surface area contributed by atoms with Gasteiger partial charge in [-0.25, -0.2) is 0 Å². The summed E-state index contributed by atoms with van der Waals surface area (Å²) >= 11 is 12.4. The number of aryl methyl sites for hydroxylation is 1. The quantitative estimate of drug-likeness (QED) is 0.461. The minimum Gasteiger partial charge on any atom is -0.484 e. The SMILES string of the molecule is CNC(=O)C(Cc1ccccc1)N(Cc1ccc(Cl)cc1Cl)C(=O)COc1cccc(C)c1. The van der Waals surface area contributed by atoms with Crippen LogP contribution in [-0.4, -0.2) is 36.4 Å². The van der Waals surface area contributed by atoms with E-state index in [1.807, 2.05) is 55.5 Å². The van der Waals surface area contributed by atoms with Gasteiger partial charge in [0.2, 0.25) is 5.91 Å². The van der Waals surface area contributed by atoms with Crippen molar-refractivity contribution < 1.29 is 14.3 Å². The molecular weight excluding hydrogens is 459 g/mol. The summed E-state index contributed by atoms with van der Waals surface area (Å²) < 4.78 is 5.75. The number of carbonyl (C=O) groups excluding carboxylic acids is 2. The highest BCUT2D eigenvalue weighted by Gasteiger charge is 2.30. The van der Waals surface area contributed by atoms with Gasteiger partial charge in [-0.3, -0.25) is 9.59 Å². The van der Waals surface area contributed by atoms with Crippen LogP contribution in [0.1, 0.15) is 16.7 Å². The molecule has 3 aromatic rings. The molecule has 5 nitrogen and oxygen atoms in total. The van der Waals surface area contributed by atoms with Crippen molar-refractivity contribution in [3.05, 3.63) is 99.5 Å². The van der Waals surface area contributed by atoms with Crippen molar-refractivity contribution >= 4 is 35.0 Å². The van der Waals surface area contributed by atoms with E-state index in [0.29, 0.717) is 27.8 Å². The number of rotatable bonds is 9. The van der Waals surface area contributed by atoms with Crippen LogP contribution in [0.2, 0.25) is 10.0 Å². The molecule has 1 N–H and O–H groups in total. The molecule has 0 spiro atoms. The average molecular weight is 485 g/mol. The molecule has 0 fully saturated rings. The first kappa shape index (κ1) is 24.6. The van der Waals surface area contributed by atoms with E-state index in [0.717, 1.165) is 11.1 Å². The van der Waals surface area contributed by atoms with E-state index in [-0.39, 0.29) is 25.0 Å². The van der Waals surface area contributed by atoms with Gasteiger partial charge in [0.05, 0.1) is 0 Å². The summed E-state index contributed by atoms with van der Waals surface area (Å²) in [5.74, 6) is -0.00715. The minimum absolute atomic E-state index is 0.136. The van der Waals surface area contributed by atoms with E-state index < -0.39 is 6.04 Å². The standard InChI is InChI=1S/C26H26Cl2N2O3/c1-18-7-6-10-22(13-18)33-17-25(31)30(16-20-11-12-21(27)15-23(20)28)24(26(32)29-2)14-19-8-4-3-5-9-19/h3-13,15,24H,14,16-17H2,1-2H3,(H,29,32). The summed E-state index contributed by atoms with van der Waals surface area (Å²) in [7, 11) is 1.56. The number of halogens is 2. The van der Waals surface area contributed by atoms with Crippen LogP contribution in [0, 0.1) is 6.92 Å². The number of benzene rings is 3. The van der Waals surface area contributed by atoms with Crippen LogP contribution in [-0.2, 0) is 22.6 Å². The van der Waals surface area contributed by atoms with Crippen LogP contribution in [0.3, 0.4) is 0 Å². The van der Waals surface area contributed by atoms with Crippen molar-refractivity contribution in [2.75, 3.05) is 13.7 Å². The first-order valence-electron chi connectivity index (χ1n) is 10.6. The minimum atomic E-state index is -0.752. The molecule has 7 heteroatoms. The number of amides is 2. The number of hydrogen-bond donors (Lipinski definition) is 1. The van der Waals surface area contributed by atoms with E-state index in [4.69, 9.17) is 27.9 Å². The zero-order valence-corrected chi connectivity index (χ0v) is 20.1. The van der Waals surface area contributed by atoms with E-state index in [9.17, 15) is 9.59 Å². The number of ether oxygens (including phenoxy) is 1. The van der Waals surface area contributed by atoms with E-state index >= 15 is 0 Å². The zero-order valence-electron chi connectivity index (χ0n) is 18.6. The highest BCUT2D eigenvalue weighted by Crippen LogP contribution is 2.24. The molecule has 0 aliphatic rings. The number of carbonyl (C=O) groups is 2. The van der Waals surface area contributed by atoms with Gasteiger partial charge in [-0.2, -0.15) is 0 Å². The predicted molar refractivity (Wildman–Crippen MR) is 132 cm³/mol. The lowest BCUT2D eigenvalue weighted by molar-refractivity contribution is -0.142. The third-order valence-corrected chi connectivity index (χ3v) is 5.81. The number of nitrogens with zero attached hydrogens (tertiary/aromatic N) is 1. The second kappa shape index (κ2) is 11.7. The Bertz CT molecular complexity index is 1110. The molecule has 0 aliphatic carbocycles. The van der Waals surface area contributed by atoms with Gasteiger partial charge < -0.3 is 15.0 Å². The fourth-order valence-corrected chi connectivity index (χ4v) is 3.96. The summed E-state index contributed by atoms with van der Waals surface area (Å²) in [5, 5.41) is 3.61. The van der Waals surface area contributed by atoms with Gasteiger partial charge in [-0.15, -0.1) is 0 Å². The molecule has 33 heavy (non-hydrogen) atoms. The molecule has 0 radical (unpaired) electrons. The first-order chi connectivity index (χ1) is 15.9. The molecule has 1 atom stereocenters. The smallest absolute Gasteiger partial charge is 0.261 e. The highest BCUT2D eigenvalue weighted by atomic mass is 35.5. The molecule has 0 aromatic heterocycles. The number of likely N-dealkylation sites (N-methyl/N-ethyl adjacent to an activating group) is 1. The van der Waals surface area contributed by atoms with E-state index in [2.05, 4.69) is 5.32 Å². The molecule has 0 saturated heterocycles. The summed E-state index contributed by atoms with van der Waals surface area (Å²) in [4.78, 5) is 27.8. The number of nitrogens with one attached hydrogen (secondary N) is 1. The maximum atomic E-state index is 13.4. The van der Waals surface area contributed by atoms with Crippen LogP contribution in [0.5, 0.6) is 5.75 Å². The molecule has 2 amide bonds. The van der Waals surface area contributed by atoms with Crippen LogP contribution < -0.4 is 10.1 Å². The topological polar surface area (TPSA) is 58.6 Å². The molecule has 3 rings (SSSR count). The van der Waals surface area contributed by atoms with Gasteiger partial charge in [0, 0.05) is 30.1 Å². The molecular formula is C26H26Cl2N2O3. The monoisotopic (exact) mass is 484 g/mol. The van der Waals surface area contributed by atoms with Gasteiger partial charge in [0.1, 0.15) is 11.8 Å². The Morgan fingerprint density at radius 2 is 1.76 bits per heavy atom. The van der Waals surface area contributed by atoms with Crippen molar-refractivity contribution in [3.8, 4) is 5.75 Å². The summed E-state index contributed by atoms with van der Waals surface area (Å²) in [6, 6.07) is 21.4. The summed E-state index contributed by atoms with van der Waals surface area (Å²) in [6.07, 6.45) is 0.349. The largest absolute Gasteiger partial charge is 0.484 e. The van der Waals surface area contributed by atoms with Gasteiger partial charge in [-0.1, -0.05) is 71.7 Å². The Morgan fingerprint density at radius 3 is 2.42 bits per heavy atom. The van der Waals surface area contributed by atoms with Crippen molar-refractivity contribution in [1.29, 1.82) is 0 Å². The van der Waals surface area contributed by atoms with E-state index in [1.165, 1.54) is 4.90 Å². The molecule has 0 saturated carbocycles. The number of hydrogen-bond acceptors (Lipinski definition) is 3. The summed E-state index contributed by atoms with van der Waals surface area (Å²) in [6.45, 7) is 1.87. The Hall–Kier alpha value is -3.02. The maximum absolute atomic E-state index is 13.4. The second-order valence-electron chi connectivity index (χ2n) is 7.68. The van der Waals surface area contributed by atoms with Crippen molar-refractivity contribution in [2.24, 2.45) is 0 Å². The maximum Gasteiger partial charge on any atom is 0.261 e. The molecule has 3 aromatic carbocycles. The first-order valence-corrected chi connectivity index (χ1v) is 11.3. The fourth-order valence-electron chi connectivity index (χ4n) is 3.49. The zero-order chi connectivity index (χ0) is 23.8. The lowest BCUT2D eigenvalue weighted by Gasteiger charge is -2.31. The molecule has 1 unspecified atom stereocenters. The van der Waals surface area contributed by atoms with Crippen molar-refractivity contribution in [2.45, 2.75) is 25.9 Å². The molecule has 0 bridgehead atoms. The normalized spacial score (nSPS) is 11.5. The molecule has 0 aliphatic heterocycles. The van der Waals surface area contributed by atoms with Gasteiger partial charge in [0.25, 0.3) is 5.91 Å². The molecule has 0 heterocycles. The van der Waals surface area contributed by atoms with Crippen molar-refractivity contribution in [1.82, 2.24) is 10.2 Å².